The Hall–Kier alpha value is -1.42. The van der Waals surface area contributed by atoms with Gasteiger partial charge in [0, 0.05) is 13.1 Å². The van der Waals surface area contributed by atoms with Gasteiger partial charge in [0.05, 0.1) is 5.41 Å². The fraction of sp³-hybridized carbons (Fsp3) is 0.588. The van der Waals surface area contributed by atoms with Crippen LogP contribution in [0.3, 0.4) is 0 Å². The normalized spacial score (nSPS) is 20.5. The van der Waals surface area contributed by atoms with Crippen molar-refractivity contribution in [3.05, 3.63) is 35.1 Å². The van der Waals surface area contributed by atoms with Crippen LogP contribution < -0.4 is 0 Å². The quantitative estimate of drug-likeness (QED) is 0.924. The molecule has 21 heavy (non-hydrogen) atoms. The molecule has 0 spiro atoms. The van der Waals surface area contributed by atoms with Crippen molar-refractivity contribution in [1.82, 2.24) is 4.90 Å². The van der Waals surface area contributed by atoms with Gasteiger partial charge in [0.1, 0.15) is 5.82 Å². The lowest BCUT2D eigenvalue weighted by atomic mass is 9.74. The van der Waals surface area contributed by atoms with Gasteiger partial charge in [-0.1, -0.05) is 12.1 Å². The second-order valence-electron chi connectivity index (χ2n) is 6.68. The molecule has 3 nitrogen and oxygen atoms in total. The highest BCUT2D eigenvalue weighted by Gasteiger charge is 2.38. The number of hydrogen-bond acceptors (Lipinski definition) is 2. The average Bonchev–Trinajstić information content (AvgIpc) is 2.43. The maximum absolute atomic E-state index is 13.6. The predicted molar refractivity (Wildman–Crippen MR) is 80.6 cm³/mol. The molecule has 1 aliphatic heterocycles. The summed E-state index contributed by atoms with van der Waals surface area (Å²) in [5.41, 5.74) is 0.895. The van der Waals surface area contributed by atoms with Crippen LogP contribution in [-0.2, 0) is 11.3 Å². The van der Waals surface area contributed by atoms with Gasteiger partial charge in [0.25, 0.3) is 0 Å². The highest BCUT2D eigenvalue weighted by atomic mass is 19.1. The van der Waals surface area contributed by atoms with Crippen molar-refractivity contribution < 1.29 is 14.3 Å². The van der Waals surface area contributed by atoms with Crippen molar-refractivity contribution in [2.24, 2.45) is 11.3 Å². The molecule has 0 saturated carbocycles. The van der Waals surface area contributed by atoms with Crippen molar-refractivity contribution >= 4 is 5.97 Å². The van der Waals surface area contributed by atoms with E-state index >= 15 is 0 Å². The molecule has 0 bridgehead atoms. The number of piperidine rings is 1. The molecule has 1 fully saturated rings. The SMILES string of the molecule is Cc1ccc(CN2CCCC(C(C)(C)C(=O)O)C2)cc1F. The first-order valence-corrected chi connectivity index (χ1v) is 7.51. The number of likely N-dealkylation sites (tertiary alicyclic amines) is 1. The van der Waals surface area contributed by atoms with E-state index in [1.165, 1.54) is 0 Å². The molecule has 1 aliphatic rings. The third kappa shape index (κ3) is 3.62. The lowest BCUT2D eigenvalue weighted by molar-refractivity contribution is -0.151. The smallest absolute Gasteiger partial charge is 0.309 e. The summed E-state index contributed by atoms with van der Waals surface area (Å²) in [6.45, 7) is 7.75. The molecule has 1 unspecified atom stereocenters. The molecule has 1 saturated heterocycles. The van der Waals surface area contributed by atoms with Crippen LogP contribution in [0.4, 0.5) is 4.39 Å². The van der Waals surface area contributed by atoms with Crippen LogP contribution in [0.25, 0.3) is 0 Å². The first-order valence-electron chi connectivity index (χ1n) is 7.51. The lowest BCUT2D eigenvalue weighted by Crippen LogP contribution is -2.44. The van der Waals surface area contributed by atoms with E-state index in [9.17, 15) is 14.3 Å². The van der Waals surface area contributed by atoms with Gasteiger partial charge >= 0.3 is 5.97 Å². The van der Waals surface area contributed by atoms with E-state index in [0.29, 0.717) is 12.1 Å². The van der Waals surface area contributed by atoms with Crippen molar-refractivity contribution in [3.63, 3.8) is 0 Å². The number of hydrogen-bond donors (Lipinski definition) is 1. The number of carboxylic acid groups (broad SMARTS) is 1. The molecule has 1 atom stereocenters. The number of aliphatic carboxylic acids is 1. The van der Waals surface area contributed by atoms with Gasteiger partial charge in [0.2, 0.25) is 0 Å². The maximum Gasteiger partial charge on any atom is 0.309 e. The second kappa shape index (κ2) is 6.14. The molecule has 2 rings (SSSR count). The van der Waals surface area contributed by atoms with Gasteiger partial charge in [0.15, 0.2) is 0 Å². The Morgan fingerprint density at radius 2 is 2.19 bits per heavy atom. The molecular weight excluding hydrogens is 269 g/mol. The Morgan fingerprint density at radius 1 is 1.48 bits per heavy atom. The molecule has 1 N–H and O–H groups in total. The van der Waals surface area contributed by atoms with Gasteiger partial charge in [-0.15, -0.1) is 0 Å². The van der Waals surface area contributed by atoms with E-state index in [4.69, 9.17) is 0 Å². The number of carboxylic acids is 1. The van der Waals surface area contributed by atoms with Crippen molar-refractivity contribution in [2.45, 2.75) is 40.2 Å². The molecule has 1 aromatic carbocycles. The standard InChI is InChI=1S/C17H24FNO2/c1-12-6-7-13(9-15(12)18)10-19-8-4-5-14(11-19)17(2,3)16(20)21/h6-7,9,14H,4-5,8,10-11H2,1-3H3,(H,20,21). The summed E-state index contributed by atoms with van der Waals surface area (Å²) in [6.07, 6.45) is 1.94. The molecule has 1 heterocycles. The molecule has 0 amide bonds. The summed E-state index contributed by atoms with van der Waals surface area (Å²) >= 11 is 0. The summed E-state index contributed by atoms with van der Waals surface area (Å²) in [6, 6.07) is 5.33. The Labute approximate surface area is 125 Å². The van der Waals surface area contributed by atoms with E-state index in [2.05, 4.69) is 4.90 Å². The minimum atomic E-state index is -0.740. The van der Waals surface area contributed by atoms with Gasteiger partial charge < -0.3 is 5.11 Å². The first kappa shape index (κ1) is 16.0. The van der Waals surface area contributed by atoms with Gasteiger partial charge in [-0.2, -0.15) is 0 Å². The fourth-order valence-electron chi connectivity index (χ4n) is 2.96. The topological polar surface area (TPSA) is 40.5 Å². The number of carbonyl (C=O) groups is 1. The zero-order chi connectivity index (χ0) is 15.6. The summed E-state index contributed by atoms with van der Waals surface area (Å²) in [7, 11) is 0. The molecule has 116 valence electrons. The fourth-order valence-corrected chi connectivity index (χ4v) is 2.96. The molecule has 0 aliphatic carbocycles. The van der Waals surface area contributed by atoms with Gasteiger partial charge in [-0.3, -0.25) is 9.69 Å². The number of halogens is 1. The molecule has 1 aromatic rings. The van der Waals surface area contributed by atoms with Crippen LogP contribution in [0.15, 0.2) is 18.2 Å². The first-order chi connectivity index (χ1) is 9.80. The molecule has 0 aromatic heterocycles. The van der Waals surface area contributed by atoms with Gasteiger partial charge in [-0.25, -0.2) is 4.39 Å². The number of aryl methyl sites for hydroxylation is 1. The highest BCUT2D eigenvalue weighted by molar-refractivity contribution is 5.74. The van der Waals surface area contributed by atoms with Crippen molar-refractivity contribution in [3.8, 4) is 0 Å². The lowest BCUT2D eigenvalue weighted by Gasteiger charge is -2.39. The van der Waals surface area contributed by atoms with Crippen LogP contribution >= 0.6 is 0 Å². The van der Waals surface area contributed by atoms with Crippen LogP contribution in [0.1, 0.15) is 37.8 Å². The maximum atomic E-state index is 13.6. The minimum Gasteiger partial charge on any atom is -0.481 e. The number of rotatable bonds is 4. The molecule has 0 radical (unpaired) electrons. The van der Waals surface area contributed by atoms with E-state index in [1.54, 1.807) is 32.9 Å². The largest absolute Gasteiger partial charge is 0.481 e. The number of benzene rings is 1. The Balaban J connectivity index is 2.04. The van der Waals surface area contributed by atoms with E-state index in [-0.39, 0.29) is 11.7 Å². The minimum absolute atomic E-state index is 0.138. The zero-order valence-electron chi connectivity index (χ0n) is 13.0. The third-order valence-corrected chi connectivity index (χ3v) is 4.72. The zero-order valence-corrected chi connectivity index (χ0v) is 13.0. The Morgan fingerprint density at radius 3 is 2.81 bits per heavy atom. The molecule has 4 heteroatoms. The van der Waals surface area contributed by atoms with Crippen LogP contribution in [0.2, 0.25) is 0 Å². The second-order valence-corrected chi connectivity index (χ2v) is 6.68. The Kier molecular flexibility index (Phi) is 4.67. The Bertz CT molecular complexity index is 528. The summed E-state index contributed by atoms with van der Waals surface area (Å²) < 4.78 is 13.6. The van der Waals surface area contributed by atoms with Crippen molar-refractivity contribution in [2.75, 3.05) is 13.1 Å². The van der Waals surface area contributed by atoms with E-state index < -0.39 is 11.4 Å². The van der Waals surface area contributed by atoms with Gasteiger partial charge in [-0.05, 0) is 63.3 Å². The number of nitrogens with zero attached hydrogens (tertiary/aromatic N) is 1. The monoisotopic (exact) mass is 293 g/mol. The van der Waals surface area contributed by atoms with E-state index in [1.807, 2.05) is 6.07 Å². The molecular formula is C17H24FNO2. The third-order valence-electron chi connectivity index (χ3n) is 4.72. The van der Waals surface area contributed by atoms with Crippen LogP contribution in [0.5, 0.6) is 0 Å². The van der Waals surface area contributed by atoms with Crippen molar-refractivity contribution in [1.29, 1.82) is 0 Å². The highest BCUT2D eigenvalue weighted by Crippen LogP contribution is 2.34. The van der Waals surface area contributed by atoms with Crippen LogP contribution in [-0.4, -0.2) is 29.1 Å². The predicted octanol–water partition coefficient (Wildman–Crippen LogP) is 3.46. The van der Waals surface area contributed by atoms with E-state index in [0.717, 1.165) is 31.5 Å². The van der Waals surface area contributed by atoms with Crippen LogP contribution in [0, 0.1) is 24.1 Å². The summed E-state index contributed by atoms with van der Waals surface area (Å²) in [5.74, 6) is -0.776. The summed E-state index contributed by atoms with van der Waals surface area (Å²) in [4.78, 5) is 13.6. The summed E-state index contributed by atoms with van der Waals surface area (Å²) in [5, 5.41) is 9.37. The average molecular weight is 293 g/mol.